The van der Waals surface area contributed by atoms with Crippen molar-refractivity contribution < 1.29 is 59.8 Å². The zero-order chi connectivity index (χ0) is 39.9. The second kappa shape index (κ2) is 15.3. The van der Waals surface area contributed by atoms with E-state index in [0.717, 1.165) is 25.7 Å². The van der Waals surface area contributed by atoms with Crippen molar-refractivity contribution in [3.63, 3.8) is 0 Å². The molecule has 0 spiro atoms. The van der Waals surface area contributed by atoms with Crippen LogP contribution in [0.5, 0.6) is 0 Å². The number of hydrogen-bond acceptors (Lipinski definition) is 12. The summed E-state index contributed by atoms with van der Waals surface area (Å²) in [6.07, 6.45) is -6.05. The Labute approximate surface area is 321 Å². The molecule has 0 amide bonds. The van der Waals surface area contributed by atoms with E-state index in [4.69, 9.17) is 18.9 Å². The van der Waals surface area contributed by atoms with Crippen LogP contribution in [-0.4, -0.2) is 127 Å². The smallest absolute Gasteiger partial charge is 0.187 e. The van der Waals surface area contributed by atoms with E-state index in [-0.39, 0.29) is 39.9 Å². The summed E-state index contributed by atoms with van der Waals surface area (Å²) in [5, 5.41) is 88.2. The lowest BCUT2D eigenvalue weighted by atomic mass is 9.34. The Morgan fingerprint density at radius 3 is 2.09 bits per heavy atom. The minimum absolute atomic E-state index is 0.0381. The number of aliphatic hydroxyl groups is 8. The normalized spacial score (nSPS) is 53.3. The van der Waals surface area contributed by atoms with Crippen molar-refractivity contribution >= 4 is 0 Å². The van der Waals surface area contributed by atoms with Crippen LogP contribution in [-0.2, 0) is 18.9 Å². The van der Waals surface area contributed by atoms with E-state index in [1.165, 1.54) is 18.1 Å². The van der Waals surface area contributed by atoms with Crippen molar-refractivity contribution in [1.82, 2.24) is 0 Å². The van der Waals surface area contributed by atoms with Crippen molar-refractivity contribution in [3.8, 4) is 0 Å². The SMILES string of the molecule is CC(C)=CC/C=C(/C)[C@@H]1CC[C@@]2(C)[C@H]1[C@@H](O)C[C@H]1[C@]3(C)CC[C@@H](O)C(C)(C)[C@H]3[C@H](O[C@H]3O[C@@H](CO)[C@H](O)[C@@H](O)[C@@H]3O[C@H]3O[C@H](C)[C@@H](O)[C@H](O)[C@@H]3O)C[C@@]12C. The second-order valence-corrected chi connectivity index (χ2v) is 19.6. The molecular weight excluding hydrogens is 696 g/mol. The highest BCUT2D eigenvalue weighted by Gasteiger charge is 2.73. The molecule has 4 saturated carbocycles. The van der Waals surface area contributed by atoms with E-state index in [0.29, 0.717) is 19.3 Å². The van der Waals surface area contributed by atoms with Crippen LogP contribution in [0.25, 0.3) is 0 Å². The van der Waals surface area contributed by atoms with Gasteiger partial charge in [-0.25, -0.2) is 0 Å². The van der Waals surface area contributed by atoms with E-state index in [9.17, 15) is 40.9 Å². The Bertz CT molecular complexity index is 1400. The maximum Gasteiger partial charge on any atom is 0.187 e. The Balaban J connectivity index is 1.39. The molecule has 20 atom stereocenters. The predicted molar refractivity (Wildman–Crippen MR) is 199 cm³/mol. The Morgan fingerprint density at radius 1 is 0.759 bits per heavy atom. The molecule has 12 heteroatoms. The Hall–Kier alpha value is -1.00. The van der Waals surface area contributed by atoms with Crippen molar-refractivity contribution in [2.75, 3.05) is 6.61 Å². The molecule has 310 valence electrons. The standard InChI is InChI=1S/C42H70O12/c1-20(2)11-10-12-21(3)23-13-16-41(8)29(23)24(44)17-27-40(7)15-14-28(45)39(5,6)36(40)25(18-42(27,41)9)52-38-35(33(49)31(47)26(19-43)53-38)54-37-34(50)32(48)30(46)22(4)51-37/h11-12,22-38,43-50H,10,13-19H2,1-9H3/b21-12-/t22-,23+,24+,25-,26+,27+,28-,29-,30-,31+,32+,33-,34+,35+,36-,37-,38+,40+,41+,42+/m1/s1. The minimum Gasteiger partial charge on any atom is -0.394 e. The van der Waals surface area contributed by atoms with E-state index in [2.05, 4.69) is 67.5 Å². The number of aliphatic hydroxyl groups excluding tert-OH is 8. The Kier molecular flexibility index (Phi) is 12.1. The highest BCUT2D eigenvalue weighted by molar-refractivity contribution is 5.24. The summed E-state index contributed by atoms with van der Waals surface area (Å²) in [5.74, 6) is 0.165. The predicted octanol–water partition coefficient (Wildman–Crippen LogP) is 2.95. The highest BCUT2D eigenvalue weighted by atomic mass is 16.8. The molecule has 0 unspecified atom stereocenters. The van der Waals surface area contributed by atoms with Gasteiger partial charge < -0.3 is 59.8 Å². The third-order valence-corrected chi connectivity index (χ3v) is 16.0. The molecule has 0 aromatic heterocycles. The molecule has 12 nitrogen and oxygen atoms in total. The summed E-state index contributed by atoms with van der Waals surface area (Å²) in [6, 6.07) is 0. The summed E-state index contributed by atoms with van der Waals surface area (Å²) >= 11 is 0. The lowest BCUT2D eigenvalue weighted by Gasteiger charge is -2.72. The molecule has 0 radical (unpaired) electrons. The average molecular weight is 767 g/mol. The second-order valence-electron chi connectivity index (χ2n) is 19.6. The van der Waals surface area contributed by atoms with Crippen molar-refractivity contribution in [2.45, 2.75) is 187 Å². The number of ether oxygens (including phenoxy) is 4. The van der Waals surface area contributed by atoms with E-state index in [1.807, 2.05) is 0 Å². The number of rotatable bonds is 8. The molecule has 2 aliphatic heterocycles. The third-order valence-electron chi connectivity index (χ3n) is 16.0. The summed E-state index contributed by atoms with van der Waals surface area (Å²) in [5.41, 5.74) is 1.01. The fourth-order valence-corrected chi connectivity index (χ4v) is 12.9. The molecule has 6 aliphatic rings. The van der Waals surface area contributed by atoms with Crippen molar-refractivity contribution in [3.05, 3.63) is 23.3 Å². The summed E-state index contributed by atoms with van der Waals surface area (Å²) in [6.45, 7) is 18.5. The largest absolute Gasteiger partial charge is 0.394 e. The van der Waals surface area contributed by atoms with Gasteiger partial charge in [-0.1, -0.05) is 57.9 Å². The van der Waals surface area contributed by atoms with Gasteiger partial charge >= 0.3 is 0 Å². The number of hydrogen-bond donors (Lipinski definition) is 8. The number of allylic oxidation sites excluding steroid dienone is 4. The molecule has 2 heterocycles. The zero-order valence-corrected chi connectivity index (χ0v) is 33.8. The molecule has 0 aromatic rings. The van der Waals surface area contributed by atoms with Gasteiger partial charge in [0.1, 0.15) is 42.7 Å². The first-order valence-electron chi connectivity index (χ1n) is 20.4. The van der Waals surface area contributed by atoms with E-state index < -0.39 is 91.7 Å². The molecule has 0 bridgehead atoms. The summed E-state index contributed by atoms with van der Waals surface area (Å²) < 4.78 is 25.2. The fraction of sp³-hybridized carbons (Fsp3) is 0.905. The van der Waals surface area contributed by atoms with Gasteiger partial charge in [0.05, 0.1) is 31.0 Å². The first-order chi connectivity index (χ1) is 25.1. The van der Waals surface area contributed by atoms with E-state index >= 15 is 0 Å². The van der Waals surface area contributed by atoms with Gasteiger partial charge in [-0.2, -0.15) is 0 Å². The van der Waals surface area contributed by atoms with Crippen LogP contribution in [0.4, 0.5) is 0 Å². The molecule has 6 fully saturated rings. The molecule has 54 heavy (non-hydrogen) atoms. The minimum atomic E-state index is -1.68. The van der Waals surface area contributed by atoms with Crippen molar-refractivity contribution in [2.24, 2.45) is 45.3 Å². The Morgan fingerprint density at radius 2 is 1.44 bits per heavy atom. The van der Waals surface area contributed by atoms with Crippen LogP contribution in [0.1, 0.15) is 107 Å². The number of fused-ring (bicyclic) bond motifs is 5. The quantitative estimate of drug-likeness (QED) is 0.133. The monoisotopic (exact) mass is 766 g/mol. The van der Waals surface area contributed by atoms with Crippen LogP contribution in [0, 0.1) is 45.3 Å². The topological polar surface area (TPSA) is 199 Å². The first-order valence-corrected chi connectivity index (χ1v) is 20.4. The first kappa shape index (κ1) is 42.6. The van der Waals surface area contributed by atoms with E-state index in [1.54, 1.807) is 0 Å². The third kappa shape index (κ3) is 6.79. The average Bonchev–Trinajstić information content (AvgIpc) is 3.48. The van der Waals surface area contributed by atoms with Gasteiger partial charge in [0, 0.05) is 0 Å². The van der Waals surface area contributed by atoms with Crippen molar-refractivity contribution in [1.29, 1.82) is 0 Å². The highest BCUT2D eigenvalue weighted by Crippen LogP contribution is 2.76. The zero-order valence-electron chi connectivity index (χ0n) is 33.8. The van der Waals surface area contributed by atoms with Crippen LogP contribution in [0.2, 0.25) is 0 Å². The maximum atomic E-state index is 12.2. The van der Waals surface area contributed by atoms with Gasteiger partial charge in [0.25, 0.3) is 0 Å². The molecule has 4 aliphatic carbocycles. The lowest BCUT2D eigenvalue weighted by Crippen LogP contribution is -2.71. The molecule has 0 aromatic carbocycles. The van der Waals surface area contributed by atoms with Gasteiger partial charge in [-0.15, -0.1) is 0 Å². The summed E-state index contributed by atoms with van der Waals surface area (Å²) in [7, 11) is 0. The molecule has 2 saturated heterocycles. The van der Waals surface area contributed by atoms with Crippen LogP contribution < -0.4 is 0 Å². The lowest BCUT2D eigenvalue weighted by molar-refractivity contribution is -0.381. The van der Waals surface area contributed by atoms with Gasteiger partial charge in [-0.3, -0.25) is 0 Å². The van der Waals surface area contributed by atoms with Gasteiger partial charge in [0.2, 0.25) is 0 Å². The fourth-order valence-electron chi connectivity index (χ4n) is 12.9. The van der Waals surface area contributed by atoms with Crippen LogP contribution >= 0.6 is 0 Å². The van der Waals surface area contributed by atoms with Gasteiger partial charge in [-0.05, 0) is 118 Å². The molecule has 8 N–H and O–H groups in total. The maximum absolute atomic E-state index is 12.2. The van der Waals surface area contributed by atoms with Gasteiger partial charge in [0.15, 0.2) is 12.6 Å². The molecule has 6 rings (SSSR count). The summed E-state index contributed by atoms with van der Waals surface area (Å²) in [4.78, 5) is 0. The molecular formula is C42H70O12. The van der Waals surface area contributed by atoms with Crippen LogP contribution in [0.3, 0.4) is 0 Å². The van der Waals surface area contributed by atoms with Crippen LogP contribution in [0.15, 0.2) is 23.3 Å².